The number of amides is 2. The Morgan fingerprint density at radius 3 is 2.40 bits per heavy atom. The van der Waals surface area contributed by atoms with Crippen LogP contribution in [0, 0.1) is 0 Å². The Hall–Kier alpha value is -3.73. The molecule has 1 saturated heterocycles. The maximum Gasteiger partial charge on any atom is 0.355 e. The zero-order valence-corrected chi connectivity index (χ0v) is 19.9. The van der Waals surface area contributed by atoms with Crippen LogP contribution in [0.4, 0.5) is 5.69 Å². The molecule has 2 amide bonds. The van der Waals surface area contributed by atoms with Crippen LogP contribution in [-0.4, -0.2) is 60.6 Å². The van der Waals surface area contributed by atoms with Crippen molar-refractivity contribution in [3.63, 3.8) is 0 Å². The van der Waals surface area contributed by atoms with Gasteiger partial charge >= 0.3 is 5.97 Å². The SMILES string of the molecule is C[C@@H](OC(=O)C1=NN([C@H]2CCS(=O)(=O)C2)C(=O)CC1)C(=O)Nc1ccc(Oc2ccccc2)cc1. The minimum Gasteiger partial charge on any atom is -0.457 e. The molecule has 1 N–H and O–H groups in total. The molecule has 10 nitrogen and oxygen atoms in total. The van der Waals surface area contributed by atoms with Crippen LogP contribution in [0.3, 0.4) is 0 Å². The molecule has 0 radical (unpaired) electrons. The first-order valence-corrected chi connectivity index (χ1v) is 13.0. The molecule has 2 aromatic carbocycles. The summed E-state index contributed by atoms with van der Waals surface area (Å²) < 4.78 is 34.5. The average Bonchev–Trinajstić information content (AvgIpc) is 3.20. The highest BCUT2D eigenvalue weighted by Gasteiger charge is 2.37. The largest absolute Gasteiger partial charge is 0.457 e. The molecule has 0 aliphatic carbocycles. The van der Waals surface area contributed by atoms with Crippen LogP contribution in [-0.2, 0) is 29.0 Å². The second-order valence-electron chi connectivity index (χ2n) is 8.32. The van der Waals surface area contributed by atoms with Crippen LogP contribution in [0.2, 0.25) is 0 Å². The number of carbonyl (C=O) groups excluding carboxylic acids is 3. The van der Waals surface area contributed by atoms with Gasteiger partial charge in [0, 0.05) is 18.5 Å². The number of sulfone groups is 1. The van der Waals surface area contributed by atoms with E-state index in [1.807, 2.05) is 30.3 Å². The highest BCUT2D eigenvalue weighted by Crippen LogP contribution is 2.24. The predicted molar refractivity (Wildman–Crippen MR) is 128 cm³/mol. The third kappa shape index (κ3) is 6.24. The molecule has 0 bridgehead atoms. The van der Waals surface area contributed by atoms with Gasteiger partial charge in [-0.05, 0) is 49.7 Å². The van der Waals surface area contributed by atoms with Crippen molar-refractivity contribution < 1.29 is 32.3 Å². The molecule has 0 saturated carbocycles. The highest BCUT2D eigenvalue weighted by molar-refractivity contribution is 7.91. The molecule has 0 aromatic heterocycles. The summed E-state index contributed by atoms with van der Waals surface area (Å²) in [6.45, 7) is 1.43. The standard InChI is InChI=1S/C24H25N3O7S/c1-16(23(29)25-17-7-9-20(10-8-17)34-19-5-3-2-4-6-19)33-24(30)21-11-12-22(28)27(26-21)18-13-14-35(31,32)15-18/h2-10,16,18H,11-15H2,1H3,(H,25,29)/t16-,18+/m1/s1. The summed E-state index contributed by atoms with van der Waals surface area (Å²) in [4.78, 5) is 37.3. The number of nitrogens with one attached hydrogen (secondary N) is 1. The van der Waals surface area contributed by atoms with Crippen LogP contribution in [0.5, 0.6) is 11.5 Å². The third-order valence-electron chi connectivity index (χ3n) is 5.60. The van der Waals surface area contributed by atoms with E-state index in [4.69, 9.17) is 9.47 Å². The lowest BCUT2D eigenvalue weighted by molar-refractivity contribution is -0.147. The topological polar surface area (TPSA) is 131 Å². The van der Waals surface area contributed by atoms with E-state index in [1.54, 1.807) is 24.3 Å². The van der Waals surface area contributed by atoms with Crippen molar-refractivity contribution in [3.05, 3.63) is 54.6 Å². The van der Waals surface area contributed by atoms with Gasteiger partial charge in [-0.15, -0.1) is 0 Å². The second-order valence-corrected chi connectivity index (χ2v) is 10.5. The molecular formula is C24H25N3O7S. The number of ether oxygens (including phenoxy) is 2. The van der Waals surface area contributed by atoms with Crippen LogP contribution in [0.15, 0.2) is 59.7 Å². The molecule has 0 spiro atoms. The molecule has 0 unspecified atom stereocenters. The summed E-state index contributed by atoms with van der Waals surface area (Å²) in [6.07, 6.45) is -0.773. The van der Waals surface area contributed by atoms with E-state index < -0.39 is 33.9 Å². The number of hydrogen-bond donors (Lipinski definition) is 1. The molecule has 2 aliphatic rings. The van der Waals surface area contributed by atoms with Crippen LogP contribution < -0.4 is 10.1 Å². The predicted octanol–water partition coefficient (Wildman–Crippen LogP) is 2.51. The van der Waals surface area contributed by atoms with Crippen LogP contribution >= 0.6 is 0 Å². The molecule has 2 heterocycles. The molecule has 11 heteroatoms. The van der Waals surface area contributed by atoms with Gasteiger partial charge in [0.15, 0.2) is 15.9 Å². The average molecular weight is 500 g/mol. The van der Waals surface area contributed by atoms with Crippen LogP contribution in [0.25, 0.3) is 0 Å². The molecule has 2 aliphatic heterocycles. The minimum absolute atomic E-state index is 0.0163. The van der Waals surface area contributed by atoms with E-state index in [1.165, 1.54) is 6.92 Å². The third-order valence-corrected chi connectivity index (χ3v) is 7.35. The number of carbonyl (C=O) groups is 3. The summed E-state index contributed by atoms with van der Waals surface area (Å²) in [5, 5.41) is 7.81. The number of hydrogen-bond acceptors (Lipinski definition) is 8. The number of para-hydroxylation sites is 1. The molecule has 1 fully saturated rings. The van der Waals surface area contributed by atoms with E-state index >= 15 is 0 Å². The van der Waals surface area contributed by atoms with Crippen molar-refractivity contribution >= 4 is 39.0 Å². The number of esters is 1. The minimum atomic E-state index is -3.22. The second kappa shape index (κ2) is 10.3. The Labute approximate surface area is 202 Å². The Morgan fingerprint density at radius 2 is 1.74 bits per heavy atom. The number of benzene rings is 2. The van der Waals surface area contributed by atoms with E-state index in [0.717, 1.165) is 5.01 Å². The summed E-state index contributed by atoms with van der Waals surface area (Å²) in [7, 11) is -3.22. The Bertz CT molecular complexity index is 1240. The molecule has 184 valence electrons. The summed E-state index contributed by atoms with van der Waals surface area (Å²) in [5.74, 6) is -0.622. The molecular weight excluding hydrogens is 474 g/mol. The first-order valence-electron chi connectivity index (χ1n) is 11.1. The van der Waals surface area contributed by atoms with Crippen molar-refractivity contribution in [1.29, 1.82) is 0 Å². The Morgan fingerprint density at radius 1 is 1.06 bits per heavy atom. The van der Waals surface area contributed by atoms with Gasteiger partial charge in [0.1, 0.15) is 17.2 Å². The van der Waals surface area contributed by atoms with Gasteiger partial charge in [-0.25, -0.2) is 18.2 Å². The van der Waals surface area contributed by atoms with E-state index in [-0.39, 0.29) is 42.4 Å². The maximum atomic E-state index is 12.6. The van der Waals surface area contributed by atoms with Crippen molar-refractivity contribution in [2.24, 2.45) is 5.10 Å². The fraction of sp³-hybridized carbons (Fsp3) is 0.333. The van der Waals surface area contributed by atoms with Crippen molar-refractivity contribution in [3.8, 4) is 11.5 Å². The molecule has 4 rings (SSSR count). The maximum absolute atomic E-state index is 12.6. The number of nitrogens with zero attached hydrogens (tertiary/aromatic N) is 2. The summed E-state index contributed by atoms with van der Waals surface area (Å²) in [5.41, 5.74) is 0.475. The first-order chi connectivity index (χ1) is 16.7. The zero-order chi connectivity index (χ0) is 25.0. The Kier molecular flexibility index (Phi) is 7.15. The first kappa shape index (κ1) is 24.4. The lowest BCUT2D eigenvalue weighted by atomic mass is 10.1. The number of hydrazone groups is 1. The number of anilines is 1. The van der Waals surface area contributed by atoms with Gasteiger partial charge in [0.2, 0.25) is 5.91 Å². The lowest BCUT2D eigenvalue weighted by Gasteiger charge is -2.27. The van der Waals surface area contributed by atoms with E-state index in [2.05, 4.69) is 10.4 Å². The number of rotatable bonds is 7. The fourth-order valence-corrected chi connectivity index (χ4v) is 5.42. The summed E-state index contributed by atoms with van der Waals surface area (Å²) >= 11 is 0. The molecule has 2 aromatic rings. The Balaban J connectivity index is 1.32. The van der Waals surface area contributed by atoms with Crippen molar-refractivity contribution in [2.75, 3.05) is 16.8 Å². The van der Waals surface area contributed by atoms with Crippen molar-refractivity contribution in [1.82, 2.24) is 5.01 Å². The molecule has 2 atom stereocenters. The fourth-order valence-electron chi connectivity index (χ4n) is 3.73. The monoisotopic (exact) mass is 499 g/mol. The van der Waals surface area contributed by atoms with Gasteiger partial charge in [0.25, 0.3) is 5.91 Å². The summed E-state index contributed by atoms with van der Waals surface area (Å²) in [6, 6.07) is 15.4. The van der Waals surface area contributed by atoms with Gasteiger partial charge in [-0.2, -0.15) is 5.10 Å². The zero-order valence-electron chi connectivity index (χ0n) is 19.0. The lowest BCUT2D eigenvalue weighted by Crippen LogP contribution is -2.42. The van der Waals surface area contributed by atoms with E-state index in [9.17, 15) is 22.8 Å². The normalized spacial score (nSPS) is 20.0. The van der Waals surface area contributed by atoms with Gasteiger partial charge in [0.05, 0.1) is 17.5 Å². The van der Waals surface area contributed by atoms with Gasteiger partial charge in [-0.3, -0.25) is 9.59 Å². The van der Waals surface area contributed by atoms with E-state index in [0.29, 0.717) is 17.2 Å². The highest BCUT2D eigenvalue weighted by atomic mass is 32.2. The quantitative estimate of drug-likeness (QED) is 0.579. The molecule has 35 heavy (non-hydrogen) atoms. The smallest absolute Gasteiger partial charge is 0.355 e. The van der Waals surface area contributed by atoms with Gasteiger partial charge in [-0.1, -0.05) is 18.2 Å². The van der Waals surface area contributed by atoms with Crippen LogP contribution in [0.1, 0.15) is 26.2 Å². The van der Waals surface area contributed by atoms with Crippen molar-refractivity contribution in [2.45, 2.75) is 38.3 Å². The van der Waals surface area contributed by atoms with Gasteiger partial charge < -0.3 is 14.8 Å².